The van der Waals surface area contributed by atoms with E-state index in [4.69, 9.17) is 14.5 Å². The lowest BCUT2D eigenvalue weighted by molar-refractivity contribution is 0.0600. The number of rotatable bonds is 1. The number of methoxy groups -OCH3 is 1. The van der Waals surface area contributed by atoms with E-state index in [1.54, 1.807) is 17.8 Å². The highest BCUT2D eigenvalue weighted by Crippen LogP contribution is 2.54. The minimum Gasteiger partial charge on any atom is -0.493 e. The van der Waals surface area contributed by atoms with Gasteiger partial charge in [0.15, 0.2) is 5.17 Å². The van der Waals surface area contributed by atoms with Gasteiger partial charge in [0.1, 0.15) is 5.75 Å². The summed E-state index contributed by atoms with van der Waals surface area (Å²) in [6, 6.07) is 13.9. The Hall–Kier alpha value is -2.47. The third-order valence-corrected chi connectivity index (χ3v) is 6.82. The van der Waals surface area contributed by atoms with E-state index in [1.807, 2.05) is 12.1 Å². The van der Waals surface area contributed by atoms with Gasteiger partial charge in [-0.1, -0.05) is 12.1 Å². The molecule has 0 bridgehead atoms. The van der Waals surface area contributed by atoms with Gasteiger partial charge in [-0.05, 0) is 55.9 Å². The molecule has 0 aliphatic carbocycles. The van der Waals surface area contributed by atoms with Crippen LogP contribution in [0.5, 0.6) is 5.75 Å². The normalized spacial score (nSPS) is 24.0. The van der Waals surface area contributed by atoms with Crippen LogP contribution in [0.2, 0.25) is 0 Å². The lowest BCUT2D eigenvalue weighted by Gasteiger charge is -2.50. The quantitative estimate of drug-likeness (QED) is 0.691. The van der Waals surface area contributed by atoms with Crippen molar-refractivity contribution >= 4 is 28.6 Å². The maximum atomic E-state index is 12.0. The highest BCUT2D eigenvalue weighted by molar-refractivity contribution is 8.14. The molecule has 0 saturated carbocycles. The topological polar surface area (TPSA) is 51.1 Å². The van der Waals surface area contributed by atoms with Gasteiger partial charge in [-0.25, -0.2) is 4.79 Å². The Labute approximate surface area is 162 Å². The summed E-state index contributed by atoms with van der Waals surface area (Å²) in [6.45, 7) is 5.10. The van der Waals surface area contributed by atoms with Gasteiger partial charge in [-0.15, -0.1) is 0 Å². The number of aliphatic imine (C=N–C) groups is 1. The molecule has 2 atom stereocenters. The second-order valence-corrected chi connectivity index (χ2v) is 8.59. The fraction of sp³-hybridized carbons (Fsp3) is 0.333. The minimum absolute atomic E-state index is 0.0404. The van der Waals surface area contributed by atoms with Gasteiger partial charge in [0.25, 0.3) is 0 Å². The Bertz CT molecular complexity index is 985. The van der Waals surface area contributed by atoms with Crippen molar-refractivity contribution in [3.63, 3.8) is 0 Å². The number of hydrogen-bond donors (Lipinski definition) is 0. The Kier molecular flexibility index (Phi) is 3.56. The van der Waals surface area contributed by atoms with Crippen LogP contribution >= 0.6 is 11.8 Å². The molecule has 138 valence electrons. The van der Waals surface area contributed by atoms with Crippen molar-refractivity contribution in [2.75, 3.05) is 18.6 Å². The number of carbonyl (C=O) groups excluding carboxylic acids is 1. The van der Waals surface area contributed by atoms with Crippen molar-refractivity contribution in [3.05, 3.63) is 53.6 Å². The van der Waals surface area contributed by atoms with Crippen molar-refractivity contribution in [2.45, 2.75) is 30.3 Å². The van der Waals surface area contributed by atoms with Crippen molar-refractivity contribution in [3.8, 4) is 5.75 Å². The number of benzene rings is 2. The van der Waals surface area contributed by atoms with E-state index < -0.39 is 0 Å². The van der Waals surface area contributed by atoms with E-state index in [1.165, 1.54) is 17.7 Å². The molecule has 3 aliphatic heterocycles. The smallest absolute Gasteiger partial charge is 0.337 e. The van der Waals surface area contributed by atoms with Crippen LogP contribution in [-0.2, 0) is 4.74 Å². The van der Waals surface area contributed by atoms with E-state index >= 15 is 0 Å². The molecule has 0 aromatic heterocycles. The molecule has 0 amide bonds. The fourth-order valence-corrected chi connectivity index (χ4v) is 5.49. The summed E-state index contributed by atoms with van der Waals surface area (Å²) in [5.41, 5.74) is 2.54. The van der Waals surface area contributed by atoms with Gasteiger partial charge in [0.05, 0.1) is 31.0 Å². The van der Waals surface area contributed by atoms with Gasteiger partial charge in [-0.3, -0.25) is 4.99 Å². The third kappa shape index (κ3) is 2.32. The average molecular weight is 380 g/mol. The molecule has 0 spiro atoms. The van der Waals surface area contributed by atoms with E-state index in [2.05, 4.69) is 43.0 Å². The molecule has 3 heterocycles. The number of carbonyl (C=O) groups is 1. The summed E-state index contributed by atoms with van der Waals surface area (Å²) in [4.78, 5) is 20.7. The van der Waals surface area contributed by atoms with Gasteiger partial charge in [-0.2, -0.15) is 0 Å². The molecule has 0 unspecified atom stereocenters. The third-order valence-electron chi connectivity index (χ3n) is 5.78. The molecule has 3 aliphatic rings. The highest BCUT2D eigenvalue weighted by atomic mass is 32.2. The van der Waals surface area contributed by atoms with E-state index in [0.717, 1.165) is 16.5 Å². The monoisotopic (exact) mass is 380 g/mol. The first-order valence-electron chi connectivity index (χ1n) is 9.00. The molecule has 0 N–H and O–H groups in total. The molecule has 2 aromatic rings. The summed E-state index contributed by atoms with van der Waals surface area (Å²) in [7, 11) is 1.40. The van der Waals surface area contributed by atoms with Crippen molar-refractivity contribution in [1.29, 1.82) is 0 Å². The second kappa shape index (κ2) is 5.76. The van der Waals surface area contributed by atoms with E-state index in [9.17, 15) is 4.79 Å². The first-order valence-corrected chi connectivity index (χ1v) is 9.82. The average Bonchev–Trinajstić information content (AvgIpc) is 3.06. The van der Waals surface area contributed by atoms with Crippen LogP contribution in [0.1, 0.15) is 35.8 Å². The van der Waals surface area contributed by atoms with Gasteiger partial charge >= 0.3 is 5.97 Å². The maximum absolute atomic E-state index is 12.0. The predicted octanol–water partition coefficient (Wildman–Crippen LogP) is 4.28. The molecule has 6 heteroatoms. The Morgan fingerprint density at radius 1 is 1.30 bits per heavy atom. The standard InChI is InChI=1S/C21H20N2O3S/c1-21(2)14-11-26-16-9-8-12(19(24)25-3)10-13(16)18(14)22-20-23(21)15-6-4-5-7-17(15)27-20/h4-10,14,18H,11H2,1-3H3/t14-,18-/m0/s1. The zero-order chi connectivity index (χ0) is 18.8. The van der Waals surface area contributed by atoms with Crippen LogP contribution < -0.4 is 9.64 Å². The number of nitrogens with zero attached hydrogens (tertiary/aromatic N) is 2. The lowest BCUT2D eigenvalue weighted by atomic mass is 9.75. The molecule has 0 saturated heterocycles. The summed E-state index contributed by atoms with van der Waals surface area (Å²) in [5, 5.41) is 1.01. The summed E-state index contributed by atoms with van der Waals surface area (Å²) >= 11 is 1.71. The summed E-state index contributed by atoms with van der Waals surface area (Å²) < 4.78 is 11.0. The Balaban J connectivity index is 1.65. The number of fused-ring (bicyclic) bond motifs is 6. The molecular formula is C21H20N2O3S. The number of anilines is 1. The predicted molar refractivity (Wildman–Crippen MR) is 106 cm³/mol. The molecule has 0 fully saturated rings. The minimum atomic E-state index is -0.341. The van der Waals surface area contributed by atoms with E-state index in [0.29, 0.717) is 12.2 Å². The van der Waals surface area contributed by atoms with Crippen LogP contribution in [0.15, 0.2) is 52.4 Å². The maximum Gasteiger partial charge on any atom is 0.337 e. The van der Waals surface area contributed by atoms with Crippen molar-refractivity contribution in [1.82, 2.24) is 0 Å². The largest absolute Gasteiger partial charge is 0.493 e. The highest BCUT2D eigenvalue weighted by Gasteiger charge is 2.51. The van der Waals surface area contributed by atoms with Crippen molar-refractivity contribution < 1.29 is 14.3 Å². The van der Waals surface area contributed by atoms with Crippen LogP contribution in [0.25, 0.3) is 0 Å². The fourth-order valence-electron chi connectivity index (χ4n) is 4.29. The second-order valence-electron chi connectivity index (χ2n) is 7.58. The van der Waals surface area contributed by atoms with Gasteiger partial charge in [0, 0.05) is 21.9 Å². The number of esters is 1. The zero-order valence-electron chi connectivity index (χ0n) is 15.4. The molecule has 5 nitrogen and oxygen atoms in total. The number of para-hydroxylation sites is 1. The molecule has 0 radical (unpaired) electrons. The number of ether oxygens (including phenoxy) is 2. The zero-order valence-corrected chi connectivity index (χ0v) is 16.2. The van der Waals surface area contributed by atoms with Crippen LogP contribution in [0, 0.1) is 5.92 Å². The molecule has 5 rings (SSSR count). The number of hydrogen-bond acceptors (Lipinski definition) is 6. The lowest BCUT2D eigenvalue weighted by Crippen LogP contribution is -2.57. The Morgan fingerprint density at radius 3 is 2.93 bits per heavy atom. The summed E-state index contributed by atoms with van der Waals surface area (Å²) in [5.74, 6) is 0.637. The van der Waals surface area contributed by atoms with Crippen LogP contribution in [0.3, 0.4) is 0 Å². The van der Waals surface area contributed by atoms with Crippen molar-refractivity contribution in [2.24, 2.45) is 10.9 Å². The number of thioether (sulfide) groups is 1. The molecular weight excluding hydrogens is 360 g/mol. The first-order chi connectivity index (χ1) is 13.0. The van der Waals surface area contributed by atoms with Crippen LogP contribution in [0.4, 0.5) is 5.69 Å². The van der Waals surface area contributed by atoms with E-state index in [-0.39, 0.29) is 23.5 Å². The van der Waals surface area contributed by atoms with Crippen LogP contribution in [-0.4, -0.2) is 30.4 Å². The molecule has 27 heavy (non-hydrogen) atoms. The van der Waals surface area contributed by atoms with Gasteiger partial charge in [0.2, 0.25) is 0 Å². The Morgan fingerprint density at radius 2 is 2.11 bits per heavy atom. The molecule has 2 aromatic carbocycles. The van der Waals surface area contributed by atoms with Gasteiger partial charge < -0.3 is 14.4 Å². The SMILES string of the molecule is COC(=O)c1ccc2c(c1)[C@@H]1N=C3Sc4ccccc4N3C(C)(C)[C@H]1CO2. The summed E-state index contributed by atoms with van der Waals surface area (Å²) in [6.07, 6.45) is 0. The number of amidine groups is 1. The first kappa shape index (κ1) is 16.7.